The molecule has 5 nitrogen and oxygen atoms in total. The fraction of sp³-hybridized carbons (Fsp3) is 0.0833. The van der Waals surface area contributed by atoms with Gasteiger partial charge in [-0.1, -0.05) is 28.1 Å². The second-order valence-electron chi connectivity index (χ2n) is 3.93. The van der Waals surface area contributed by atoms with Gasteiger partial charge in [0.15, 0.2) is 0 Å². The Balaban J connectivity index is 2.27. The summed E-state index contributed by atoms with van der Waals surface area (Å²) in [4.78, 5) is 18.3. The molecule has 0 saturated heterocycles. The quantitative estimate of drug-likeness (QED) is 0.749. The minimum atomic E-state index is -0.213. The molecule has 1 N–H and O–H groups in total. The van der Waals surface area contributed by atoms with Crippen molar-refractivity contribution in [3.63, 3.8) is 0 Å². The maximum Gasteiger partial charge on any atom is 0.273 e. The Morgan fingerprint density at radius 1 is 1.28 bits per heavy atom. The van der Waals surface area contributed by atoms with Crippen molar-refractivity contribution in [3.05, 3.63) is 51.0 Å². The average Bonchev–Trinajstić information content (AvgIpc) is 2.74. The number of fused-ring (bicyclic) bond motifs is 1. The molecule has 6 heteroatoms. The van der Waals surface area contributed by atoms with E-state index < -0.39 is 0 Å². The van der Waals surface area contributed by atoms with Crippen LogP contribution in [0.15, 0.2) is 39.7 Å². The Morgan fingerprint density at radius 3 is 2.72 bits per heavy atom. The van der Waals surface area contributed by atoms with Gasteiger partial charge >= 0.3 is 0 Å². The van der Waals surface area contributed by atoms with E-state index in [0.717, 1.165) is 15.7 Å². The van der Waals surface area contributed by atoms with Crippen LogP contribution in [0.5, 0.6) is 0 Å². The van der Waals surface area contributed by atoms with Crippen LogP contribution >= 0.6 is 15.9 Å². The first kappa shape index (κ1) is 11.2. The highest BCUT2D eigenvalue weighted by molar-refractivity contribution is 9.10. The third-order valence-corrected chi connectivity index (χ3v) is 3.21. The molecular formula is C12H9BrN4O. The van der Waals surface area contributed by atoms with Gasteiger partial charge in [0, 0.05) is 10.0 Å². The van der Waals surface area contributed by atoms with Crippen molar-refractivity contribution in [2.45, 2.75) is 6.92 Å². The summed E-state index contributed by atoms with van der Waals surface area (Å²) < 4.78 is 2.65. The number of aryl methyl sites for hydroxylation is 1. The molecule has 2 aromatic heterocycles. The Bertz CT molecular complexity index is 773. The Morgan fingerprint density at radius 2 is 2.00 bits per heavy atom. The highest BCUT2D eigenvalue weighted by atomic mass is 79.9. The Kier molecular flexibility index (Phi) is 2.52. The molecule has 0 aliphatic heterocycles. The van der Waals surface area contributed by atoms with Crippen molar-refractivity contribution in [1.82, 2.24) is 19.6 Å². The zero-order valence-corrected chi connectivity index (χ0v) is 11.1. The van der Waals surface area contributed by atoms with Gasteiger partial charge in [-0.25, -0.2) is 4.98 Å². The van der Waals surface area contributed by atoms with E-state index in [2.05, 4.69) is 31.0 Å². The lowest BCUT2D eigenvalue weighted by Gasteiger charge is -2.01. The summed E-state index contributed by atoms with van der Waals surface area (Å²) in [5.74, 6) is 0.448. The first-order valence-corrected chi connectivity index (χ1v) is 6.15. The highest BCUT2D eigenvalue weighted by Gasteiger charge is 2.08. The van der Waals surface area contributed by atoms with Crippen molar-refractivity contribution in [2.75, 3.05) is 0 Å². The fourth-order valence-corrected chi connectivity index (χ4v) is 2.00. The monoisotopic (exact) mass is 304 g/mol. The Hall–Kier alpha value is -1.95. The number of hydrogen-bond donors (Lipinski definition) is 1. The third-order valence-electron chi connectivity index (χ3n) is 2.68. The lowest BCUT2D eigenvalue weighted by atomic mass is 10.2. The molecule has 1 aromatic carbocycles. The molecule has 18 heavy (non-hydrogen) atoms. The third kappa shape index (κ3) is 1.74. The number of hydrogen-bond acceptors (Lipinski definition) is 3. The van der Waals surface area contributed by atoms with Gasteiger partial charge in [0.2, 0.25) is 5.78 Å². The molecule has 0 bridgehead atoms. The number of rotatable bonds is 1. The smallest absolute Gasteiger partial charge is 0.273 e. The number of benzene rings is 1. The number of imidazole rings is 1. The summed E-state index contributed by atoms with van der Waals surface area (Å²) in [5, 5.41) is 4.23. The normalized spacial score (nSPS) is 11.0. The van der Waals surface area contributed by atoms with Gasteiger partial charge in [0.1, 0.15) is 5.69 Å². The summed E-state index contributed by atoms with van der Waals surface area (Å²) in [6.45, 7) is 1.67. The summed E-state index contributed by atoms with van der Waals surface area (Å²) in [6, 6.07) is 7.84. The molecular weight excluding hydrogens is 296 g/mol. The van der Waals surface area contributed by atoms with Crippen molar-refractivity contribution < 1.29 is 0 Å². The predicted molar refractivity (Wildman–Crippen MR) is 71.5 cm³/mol. The minimum Gasteiger partial charge on any atom is -0.289 e. The number of nitrogens with one attached hydrogen (secondary N) is 1. The van der Waals surface area contributed by atoms with E-state index in [4.69, 9.17) is 0 Å². The molecule has 0 aliphatic rings. The van der Waals surface area contributed by atoms with Crippen LogP contribution < -0.4 is 5.56 Å². The van der Waals surface area contributed by atoms with Gasteiger partial charge in [0.25, 0.3) is 5.56 Å². The number of nitrogens with zero attached hydrogens (tertiary/aromatic N) is 3. The van der Waals surface area contributed by atoms with Gasteiger partial charge in [-0.15, -0.1) is 0 Å². The van der Waals surface area contributed by atoms with Gasteiger partial charge in [-0.05, 0) is 19.1 Å². The van der Waals surface area contributed by atoms with Gasteiger partial charge in [-0.2, -0.15) is 9.61 Å². The maximum absolute atomic E-state index is 11.4. The van der Waals surface area contributed by atoms with Crippen LogP contribution in [0.1, 0.15) is 5.69 Å². The van der Waals surface area contributed by atoms with E-state index in [9.17, 15) is 4.79 Å². The summed E-state index contributed by atoms with van der Waals surface area (Å²) in [7, 11) is 0. The lowest BCUT2D eigenvalue weighted by Crippen LogP contribution is -2.15. The van der Waals surface area contributed by atoms with E-state index >= 15 is 0 Å². The molecule has 0 fully saturated rings. The van der Waals surface area contributed by atoms with Crippen LogP contribution in [0.4, 0.5) is 0 Å². The van der Waals surface area contributed by atoms with Gasteiger partial charge < -0.3 is 0 Å². The van der Waals surface area contributed by atoms with Gasteiger partial charge in [0.05, 0.1) is 11.9 Å². The molecule has 0 radical (unpaired) electrons. The van der Waals surface area contributed by atoms with Gasteiger partial charge in [-0.3, -0.25) is 9.78 Å². The lowest BCUT2D eigenvalue weighted by molar-refractivity contribution is 0.855. The first-order chi connectivity index (χ1) is 8.65. The molecule has 0 spiro atoms. The molecule has 3 rings (SSSR count). The van der Waals surface area contributed by atoms with E-state index in [-0.39, 0.29) is 5.56 Å². The van der Waals surface area contributed by atoms with E-state index in [1.54, 1.807) is 17.6 Å². The second kappa shape index (κ2) is 4.06. The predicted octanol–water partition coefficient (Wildman–Crippen LogP) is 2.16. The summed E-state index contributed by atoms with van der Waals surface area (Å²) in [6.07, 6.45) is 1.70. The number of halogens is 1. The minimum absolute atomic E-state index is 0.213. The van der Waals surface area contributed by atoms with Crippen molar-refractivity contribution >= 4 is 21.7 Å². The van der Waals surface area contributed by atoms with Crippen LogP contribution in [-0.4, -0.2) is 19.6 Å². The number of aromatic amines is 1. The Labute approximate surface area is 111 Å². The molecule has 2 heterocycles. The van der Waals surface area contributed by atoms with E-state index in [0.29, 0.717) is 11.5 Å². The van der Waals surface area contributed by atoms with Crippen LogP contribution in [0.25, 0.3) is 17.0 Å². The molecule has 3 aromatic rings. The molecule has 0 unspecified atom stereocenters. The van der Waals surface area contributed by atoms with Crippen molar-refractivity contribution in [3.8, 4) is 11.3 Å². The zero-order chi connectivity index (χ0) is 12.7. The first-order valence-electron chi connectivity index (χ1n) is 5.36. The molecule has 0 aliphatic carbocycles. The molecule has 90 valence electrons. The number of H-pyrrole nitrogens is 1. The maximum atomic E-state index is 11.4. The second-order valence-corrected chi connectivity index (χ2v) is 4.84. The largest absolute Gasteiger partial charge is 0.289 e. The summed E-state index contributed by atoms with van der Waals surface area (Å²) in [5.41, 5.74) is 2.04. The van der Waals surface area contributed by atoms with Crippen molar-refractivity contribution in [2.24, 2.45) is 0 Å². The van der Waals surface area contributed by atoms with E-state index in [1.807, 2.05) is 24.3 Å². The topological polar surface area (TPSA) is 63.1 Å². The number of aromatic nitrogens is 4. The fourth-order valence-electron chi connectivity index (χ4n) is 1.74. The van der Waals surface area contributed by atoms with E-state index in [1.165, 1.54) is 0 Å². The zero-order valence-electron chi connectivity index (χ0n) is 9.51. The molecule has 0 amide bonds. The van der Waals surface area contributed by atoms with Crippen LogP contribution in [0, 0.1) is 6.92 Å². The standard InChI is InChI=1S/C12H9BrN4O/c1-7-11(18)15-12-14-6-10(17(12)16-7)8-2-4-9(13)5-3-8/h2-6H,1H3,(H,14,15,18). The van der Waals surface area contributed by atoms with Crippen molar-refractivity contribution in [1.29, 1.82) is 0 Å². The van der Waals surface area contributed by atoms with Crippen LogP contribution in [0.3, 0.4) is 0 Å². The highest BCUT2D eigenvalue weighted by Crippen LogP contribution is 2.21. The summed E-state index contributed by atoms with van der Waals surface area (Å²) >= 11 is 3.39. The molecule has 0 saturated carbocycles. The molecule has 0 atom stereocenters. The van der Waals surface area contributed by atoms with Crippen LogP contribution in [0.2, 0.25) is 0 Å². The average molecular weight is 305 g/mol. The SMILES string of the molecule is Cc1nn2c(-c3ccc(Br)cc3)cnc2[nH]c1=O. The van der Waals surface area contributed by atoms with Crippen LogP contribution in [-0.2, 0) is 0 Å².